The summed E-state index contributed by atoms with van der Waals surface area (Å²) in [6, 6.07) is 2.61. The molecule has 0 aliphatic heterocycles. The molecule has 0 aliphatic rings. The molecule has 0 radical (unpaired) electrons. The second-order valence-corrected chi connectivity index (χ2v) is 6.99. The fourth-order valence-electron chi connectivity index (χ4n) is 1.71. The molecule has 10 heteroatoms. The number of urea groups is 1. The minimum atomic E-state index is -3.72. The number of rotatable bonds is 6. The Morgan fingerprint density at radius 1 is 1.30 bits per heavy atom. The molecule has 0 aliphatic carbocycles. The van der Waals surface area contributed by atoms with Crippen molar-refractivity contribution in [3.05, 3.63) is 18.2 Å². The van der Waals surface area contributed by atoms with Gasteiger partial charge in [0, 0.05) is 19.8 Å². The van der Waals surface area contributed by atoms with Crippen molar-refractivity contribution in [1.82, 2.24) is 9.62 Å². The molecule has 23 heavy (non-hydrogen) atoms. The monoisotopic (exact) mass is 344 g/mol. The van der Waals surface area contributed by atoms with Gasteiger partial charge in [-0.1, -0.05) is 0 Å². The van der Waals surface area contributed by atoms with Gasteiger partial charge in [-0.25, -0.2) is 17.5 Å². The highest BCUT2D eigenvalue weighted by Crippen LogP contribution is 2.29. The van der Waals surface area contributed by atoms with E-state index in [1.54, 1.807) is 6.07 Å². The summed E-state index contributed by atoms with van der Waals surface area (Å²) in [4.78, 5) is 22.3. The van der Waals surface area contributed by atoms with Crippen LogP contribution >= 0.6 is 0 Å². The summed E-state index contributed by atoms with van der Waals surface area (Å²) in [6.45, 7) is 1.50. The van der Waals surface area contributed by atoms with Gasteiger partial charge in [0.05, 0.1) is 7.11 Å². The van der Waals surface area contributed by atoms with Crippen molar-refractivity contribution < 1.29 is 22.7 Å². The molecule has 9 nitrogen and oxygen atoms in total. The van der Waals surface area contributed by atoms with Crippen molar-refractivity contribution in [1.29, 1.82) is 0 Å². The fraction of sp³-hybridized carbons (Fsp3) is 0.385. The lowest BCUT2D eigenvalue weighted by atomic mass is 10.2. The molecule has 0 spiro atoms. The van der Waals surface area contributed by atoms with E-state index >= 15 is 0 Å². The summed E-state index contributed by atoms with van der Waals surface area (Å²) < 4.78 is 30.7. The van der Waals surface area contributed by atoms with Gasteiger partial charge in [-0.05, 0) is 25.1 Å². The number of hydrogen-bond donors (Lipinski definition) is 3. The van der Waals surface area contributed by atoms with Crippen LogP contribution in [0.4, 0.5) is 10.5 Å². The maximum absolute atomic E-state index is 12.3. The van der Waals surface area contributed by atoms with Gasteiger partial charge in [-0.2, -0.15) is 0 Å². The highest BCUT2D eigenvalue weighted by atomic mass is 32.2. The number of ether oxygens (including phenoxy) is 1. The lowest BCUT2D eigenvalue weighted by Gasteiger charge is -2.18. The van der Waals surface area contributed by atoms with Crippen LogP contribution in [-0.2, 0) is 14.8 Å². The second-order valence-electron chi connectivity index (χ2n) is 4.87. The average molecular weight is 344 g/mol. The van der Waals surface area contributed by atoms with E-state index in [0.717, 1.165) is 4.31 Å². The summed E-state index contributed by atoms with van der Waals surface area (Å²) in [5.74, 6) is -0.455. The quantitative estimate of drug-likeness (QED) is 0.663. The van der Waals surface area contributed by atoms with Crippen molar-refractivity contribution in [2.45, 2.75) is 17.9 Å². The van der Waals surface area contributed by atoms with E-state index in [1.807, 2.05) is 5.32 Å². The molecule has 0 aromatic heterocycles. The number of carbonyl (C=O) groups is 2. The molecule has 4 N–H and O–H groups in total. The number of sulfonamides is 1. The molecule has 128 valence electrons. The van der Waals surface area contributed by atoms with Crippen molar-refractivity contribution >= 4 is 27.6 Å². The number of nitrogens with one attached hydrogen (secondary N) is 2. The predicted molar refractivity (Wildman–Crippen MR) is 84.7 cm³/mol. The fourth-order valence-corrected chi connectivity index (χ4v) is 2.78. The van der Waals surface area contributed by atoms with Crippen LogP contribution in [0.5, 0.6) is 5.75 Å². The number of primary amides is 1. The number of nitrogens with two attached hydrogens (primary N) is 1. The van der Waals surface area contributed by atoms with E-state index in [1.165, 1.54) is 40.3 Å². The number of methoxy groups -OCH3 is 1. The number of anilines is 1. The van der Waals surface area contributed by atoms with Crippen LogP contribution in [0.25, 0.3) is 0 Å². The second kappa shape index (κ2) is 7.29. The molecule has 1 rings (SSSR count). The Balaban J connectivity index is 3.12. The van der Waals surface area contributed by atoms with E-state index in [4.69, 9.17) is 10.5 Å². The van der Waals surface area contributed by atoms with Gasteiger partial charge in [0.25, 0.3) is 0 Å². The van der Waals surface area contributed by atoms with E-state index in [2.05, 4.69) is 5.32 Å². The third-order valence-electron chi connectivity index (χ3n) is 2.95. The van der Waals surface area contributed by atoms with E-state index < -0.39 is 28.0 Å². The van der Waals surface area contributed by atoms with Crippen LogP contribution in [-0.4, -0.2) is 51.9 Å². The standard InChI is InChI=1S/C13H20N4O5S/c1-8(12(18)16-13(14)19)15-9-5-6-10(22-4)11(7-9)23(20,21)17(2)3/h5-8,15H,1-4H3,(H3,14,16,18,19)/t8-/m0/s1. The normalized spacial score (nSPS) is 12.6. The highest BCUT2D eigenvalue weighted by molar-refractivity contribution is 7.89. The summed E-state index contributed by atoms with van der Waals surface area (Å²) in [5.41, 5.74) is 5.25. The Morgan fingerprint density at radius 2 is 1.91 bits per heavy atom. The molecule has 0 heterocycles. The number of hydrogen-bond acceptors (Lipinski definition) is 6. The van der Waals surface area contributed by atoms with Gasteiger partial charge in [0.1, 0.15) is 16.7 Å². The molecule has 0 bridgehead atoms. The average Bonchev–Trinajstić information content (AvgIpc) is 2.46. The zero-order valence-electron chi connectivity index (χ0n) is 13.3. The van der Waals surface area contributed by atoms with Crippen LogP contribution < -0.4 is 21.1 Å². The maximum atomic E-state index is 12.3. The molecule has 3 amide bonds. The first-order valence-corrected chi connectivity index (χ1v) is 8.01. The number of amides is 3. The molecule has 0 fully saturated rings. The SMILES string of the molecule is COc1ccc(N[C@@H](C)C(=O)NC(N)=O)cc1S(=O)(=O)N(C)C. The van der Waals surface area contributed by atoms with Gasteiger partial charge in [-0.15, -0.1) is 0 Å². The Morgan fingerprint density at radius 3 is 2.39 bits per heavy atom. The van der Waals surface area contributed by atoms with Gasteiger partial charge in [-0.3, -0.25) is 10.1 Å². The molecule has 0 unspecified atom stereocenters. The molecule has 0 saturated carbocycles. The van der Waals surface area contributed by atoms with Crippen molar-refractivity contribution in [2.24, 2.45) is 5.73 Å². The van der Waals surface area contributed by atoms with E-state index in [-0.39, 0.29) is 10.6 Å². The Kier molecular flexibility index (Phi) is 5.93. The van der Waals surface area contributed by atoms with Crippen LogP contribution in [0.15, 0.2) is 23.1 Å². The largest absolute Gasteiger partial charge is 0.495 e. The topological polar surface area (TPSA) is 131 Å². The Labute approximate surface area is 134 Å². The Hall–Kier alpha value is -2.33. The van der Waals surface area contributed by atoms with Crippen molar-refractivity contribution in [3.63, 3.8) is 0 Å². The van der Waals surface area contributed by atoms with Crippen LogP contribution in [0.3, 0.4) is 0 Å². The molecule has 0 saturated heterocycles. The van der Waals surface area contributed by atoms with Crippen LogP contribution in [0.1, 0.15) is 6.92 Å². The summed E-state index contributed by atoms with van der Waals surface area (Å²) in [5, 5.41) is 4.73. The minimum Gasteiger partial charge on any atom is -0.495 e. The molecule has 1 atom stereocenters. The first-order chi connectivity index (χ1) is 10.6. The van der Waals surface area contributed by atoms with Gasteiger partial charge < -0.3 is 15.8 Å². The molecule has 1 aromatic rings. The lowest BCUT2D eigenvalue weighted by Crippen LogP contribution is -2.43. The smallest absolute Gasteiger partial charge is 0.318 e. The third-order valence-corrected chi connectivity index (χ3v) is 4.78. The molecule has 1 aromatic carbocycles. The van der Waals surface area contributed by atoms with Crippen molar-refractivity contribution in [3.8, 4) is 5.75 Å². The summed E-state index contributed by atoms with van der Waals surface area (Å²) in [6.07, 6.45) is 0. The highest BCUT2D eigenvalue weighted by Gasteiger charge is 2.23. The zero-order valence-corrected chi connectivity index (χ0v) is 14.1. The number of nitrogens with zero attached hydrogens (tertiary/aromatic N) is 1. The number of imide groups is 1. The first kappa shape index (κ1) is 18.7. The first-order valence-electron chi connectivity index (χ1n) is 6.57. The molecular weight excluding hydrogens is 324 g/mol. The predicted octanol–water partition coefficient (Wildman–Crippen LogP) is -0.0592. The van der Waals surface area contributed by atoms with Gasteiger partial charge >= 0.3 is 6.03 Å². The van der Waals surface area contributed by atoms with Gasteiger partial charge in [0.2, 0.25) is 15.9 Å². The van der Waals surface area contributed by atoms with Gasteiger partial charge in [0.15, 0.2) is 0 Å². The maximum Gasteiger partial charge on any atom is 0.318 e. The Bertz CT molecular complexity index is 702. The summed E-state index contributed by atoms with van der Waals surface area (Å²) >= 11 is 0. The molecular formula is C13H20N4O5S. The van der Waals surface area contributed by atoms with Crippen molar-refractivity contribution in [2.75, 3.05) is 26.5 Å². The van der Waals surface area contributed by atoms with E-state index in [0.29, 0.717) is 5.69 Å². The minimum absolute atomic E-state index is 0.0440. The third kappa shape index (κ3) is 4.57. The zero-order chi connectivity index (χ0) is 17.8. The van der Waals surface area contributed by atoms with Crippen LogP contribution in [0, 0.1) is 0 Å². The number of carbonyl (C=O) groups excluding carboxylic acids is 2. The van der Waals surface area contributed by atoms with E-state index in [9.17, 15) is 18.0 Å². The van der Waals surface area contributed by atoms with Crippen LogP contribution in [0.2, 0.25) is 0 Å². The summed E-state index contributed by atoms with van der Waals surface area (Å²) in [7, 11) is 0.439. The lowest BCUT2D eigenvalue weighted by molar-refractivity contribution is -0.120. The number of benzene rings is 1.